The summed E-state index contributed by atoms with van der Waals surface area (Å²) in [6.45, 7) is 1.18. The molecule has 0 aromatic heterocycles. The maximum Gasteiger partial charge on any atom is 0.256 e. The highest BCUT2D eigenvalue weighted by atomic mass is 32.1. The highest BCUT2D eigenvalue weighted by Crippen LogP contribution is 1.90. The molecule has 46 valence electrons. The van der Waals surface area contributed by atoms with Crippen molar-refractivity contribution >= 4 is 18.7 Å². The van der Waals surface area contributed by atoms with E-state index in [4.69, 9.17) is 0 Å². The van der Waals surface area contributed by atoms with Crippen LogP contribution in [0.4, 0.5) is 4.39 Å². The number of rotatable bonds is 1. The summed E-state index contributed by atoms with van der Waals surface area (Å²) in [5.41, 5.74) is 0. The topological polar surface area (TPSA) is 29.1 Å². The molecule has 0 aliphatic carbocycles. The molecule has 0 aromatic carbocycles. The Morgan fingerprint density at radius 2 is 2.38 bits per heavy atom. The number of amides is 1. The molecule has 0 aliphatic heterocycles. The third kappa shape index (κ3) is 3.67. The molecule has 0 saturated heterocycles. The van der Waals surface area contributed by atoms with Gasteiger partial charge in [-0.3, -0.25) is 9.52 Å². The highest BCUT2D eigenvalue weighted by Gasteiger charge is 1.90. The van der Waals surface area contributed by atoms with Gasteiger partial charge in [-0.05, 0) is 6.92 Å². The Morgan fingerprint density at radius 3 is 2.50 bits per heavy atom. The van der Waals surface area contributed by atoms with Gasteiger partial charge in [0.25, 0.3) is 5.91 Å². The average molecular weight is 135 g/mol. The van der Waals surface area contributed by atoms with Crippen LogP contribution in [0.1, 0.15) is 6.92 Å². The SMILES string of the molecule is C/C(F)=C\C(=O)NS. The van der Waals surface area contributed by atoms with Gasteiger partial charge in [-0.15, -0.1) is 0 Å². The summed E-state index contributed by atoms with van der Waals surface area (Å²) < 4.78 is 13.6. The van der Waals surface area contributed by atoms with Gasteiger partial charge in [0.15, 0.2) is 0 Å². The number of carbonyl (C=O) groups is 1. The predicted molar refractivity (Wildman–Crippen MR) is 32.0 cm³/mol. The number of nitrogens with one attached hydrogen (secondary N) is 1. The molecular formula is C4H6FNOS. The second-order valence-corrected chi connectivity index (χ2v) is 1.43. The zero-order valence-corrected chi connectivity index (χ0v) is 5.21. The number of allylic oxidation sites excluding steroid dienone is 1. The second-order valence-electron chi connectivity index (χ2n) is 1.21. The Labute approximate surface area is 52.3 Å². The van der Waals surface area contributed by atoms with Crippen LogP contribution in [0, 0.1) is 0 Å². The highest BCUT2D eigenvalue weighted by molar-refractivity contribution is 7.78. The summed E-state index contributed by atoms with van der Waals surface area (Å²) in [7, 11) is 0. The second kappa shape index (κ2) is 3.49. The van der Waals surface area contributed by atoms with Crippen LogP contribution < -0.4 is 4.72 Å². The molecule has 4 heteroatoms. The molecule has 1 N–H and O–H groups in total. The number of thiol groups is 1. The van der Waals surface area contributed by atoms with Crippen LogP contribution in [0.5, 0.6) is 0 Å². The molecule has 2 nitrogen and oxygen atoms in total. The fraction of sp³-hybridized carbons (Fsp3) is 0.250. The molecule has 0 aliphatic rings. The van der Waals surface area contributed by atoms with E-state index >= 15 is 0 Å². The molecular weight excluding hydrogens is 129 g/mol. The van der Waals surface area contributed by atoms with Gasteiger partial charge in [-0.25, -0.2) is 4.39 Å². The summed E-state index contributed by atoms with van der Waals surface area (Å²) in [4.78, 5) is 10.1. The summed E-state index contributed by atoms with van der Waals surface area (Å²) in [5.74, 6) is -1.08. The van der Waals surface area contributed by atoms with Crippen LogP contribution in [0.15, 0.2) is 11.9 Å². The number of halogens is 1. The lowest BCUT2D eigenvalue weighted by molar-refractivity contribution is -0.114. The number of carbonyl (C=O) groups excluding carboxylic acids is 1. The van der Waals surface area contributed by atoms with Crippen molar-refractivity contribution in [2.24, 2.45) is 0 Å². The standard InChI is InChI=1S/C4H6FNOS/c1-3(5)2-4(7)6-8/h2,8H,1H3,(H,6,7)/b3-2+. The van der Waals surface area contributed by atoms with Gasteiger partial charge in [0.1, 0.15) is 5.83 Å². The Hall–Kier alpha value is -0.510. The van der Waals surface area contributed by atoms with Crippen molar-refractivity contribution in [2.45, 2.75) is 6.92 Å². The largest absolute Gasteiger partial charge is 0.299 e. The van der Waals surface area contributed by atoms with Crippen LogP contribution in [0.3, 0.4) is 0 Å². The summed E-state index contributed by atoms with van der Waals surface area (Å²) in [5, 5.41) is 0. The minimum Gasteiger partial charge on any atom is -0.299 e. The molecule has 0 bridgehead atoms. The molecule has 0 atom stereocenters. The fourth-order valence-electron chi connectivity index (χ4n) is 0.213. The first-order valence-electron chi connectivity index (χ1n) is 1.94. The van der Waals surface area contributed by atoms with E-state index in [1.807, 2.05) is 4.72 Å². The van der Waals surface area contributed by atoms with E-state index in [1.54, 1.807) is 0 Å². The van der Waals surface area contributed by atoms with E-state index in [1.165, 1.54) is 6.92 Å². The maximum absolute atomic E-state index is 11.7. The Balaban J connectivity index is 3.70. The summed E-state index contributed by atoms with van der Waals surface area (Å²) in [6, 6.07) is 0. The van der Waals surface area contributed by atoms with Gasteiger partial charge in [-0.1, -0.05) is 12.8 Å². The normalized spacial score (nSPS) is 11.1. The molecule has 1 amide bonds. The van der Waals surface area contributed by atoms with Crippen molar-refractivity contribution in [1.82, 2.24) is 4.72 Å². The van der Waals surface area contributed by atoms with Gasteiger partial charge in [-0.2, -0.15) is 0 Å². The van der Waals surface area contributed by atoms with E-state index in [0.717, 1.165) is 6.08 Å². The van der Waals surface area contributed by atoms with Gasteiger partial charge in [0, 0.05) is 6.08 Å². The molecule has 0 spiro atoms. The first-order chi connectivity index (χ1) is 3.66. The monoisotopic (exact) mass is 135 g/mol. The minimum atomic E-state index is -0.548. The van der Waals surface area contributed by atoms with E-state index < -0.39 is 11.7 Å². The van der Waals surface area contributed by atoms with Crippen LogP contribution in [0.25, 0.3) is 0 Å². The molecule has 0 unspecified atom stereocenters. The van der Waals surface area contributed by atoms with E-state index in [9.17, 15) is 9.18 Å². The third-order valence-corrected chi connectivity index (χ3v) is 0.661. The lowest BCUT2D eigenvalue weighted by Crippen LogP contribution is -2.07. The van der Waals surface area contributed by atoms with Gasteiger partial charge in [0.05, 0.1) is 0 Å². The van der Waals surface area contributed by atoms with Crippen LogP contribution in [0.2, 0.25) is 0 Å². The van der Waals surface area contributed by atoms with E-state index in [2.05, 4.69) is 12.8 Å². The number of hydrogen-bond donors (Lipinski definition) is 2. The van der Waals surface area contributed by atoms with Crippen molar-refractivity contribution in [3.05, 3.63) is 11.9 Å². The Morgan fingerprint density at radius 1 is 1.88 bits per heavy atom. The van der Waals surface area contributed by atoms with Crippen molar-refractivity contribution < 1.29 is 9.18 Å². The van der Waals surface area contributed by atoms with Crippen LogP contribution in [-0.2, 0) is 4.79 Å². The van der Waals surface area contributed by atoms with Crippen LogP contribution >= 0.6 is 12.8 Å². The van der Waals surface area contributed by atoms with E-state index in [0.29, 0.717) is 0 Å². The van der Waals surface area contributed by atoms with Crippen molar-refractivity contribution in [3.63, 3.8) is 0 Å². The zero-order chi connectivity index (χ0) is 6.57. The first kappa shape index (κ1) is 7.49. The Bertz CT molecular complexity index is 119. The quantitative estimate of drug-likeness (QED) is 0.404. The third-order valence-electron chi connectivity index (χ3n) is 0.440. The van der Waals surface area contributed by atoms with Crippen LogP contribution in [-0.4, -0.2) is 5.91 Å². The molecule has 0 aromatic rings. The smallest absolute Gasteiger partial charge is 0.256 e. The lowest BCUT2D eigenvalue weighted by atomic mass is 10.5. The summed E-state index contributed by atoms with van der Waals surface area (Å²) >= 11 is 3.38. The lowest BCUT2D eigenvalue weighted by Gasteiger charge is -1.85. The fourth-order valence-corrected chi connectivity index (χ4v) is 0.277. The maximum atomic E-state index is 11.7. The minimum absolute atomic E-state index is 0.531. The van der Waals surface area contributed by atoms with Crippen molar-refractivity contribution in [3.8, 4) is 0 Å². The zero-order valence-electron chi connectivity index (χ0n) is 4.31. The average Bonchev–Trinajstić information content (AvgIpc) is 1.65. The van der Waals surface area contributed by atoms with Crippen molar-refractivity contribution in [2.75, 3.05) is 0 Å². The first-order valence-corrected chi connectivity index (χ1v) is 2.39. The van der Waals surface area contributed by atoms with Gasteiger partial charge < -0.3 is 0 Å². The number of hydrogen-bond acceptors (Lipinski definition) is 2. The predicted octanol–water partition coefficient (Wildman–Crippen LogP) is 0.821. The van der Waals surface area contributed by atoms with Crippen molar-refractivity contribution in [1.29, 1.82) is 0 Å². The van der Waals surface area contributed by atoms with Gasteiger partial charge in [0.2, 0.25) is 0 Å². The molecule has 0 radical (unpaired) electrons. The molecule has 0 heterocycles. The Kier molecular flexibility index (Phi) is 3.26. The molecule has 0 saturated carbocycles. The van der Waals surface area contributed by atoms with Gasteiger partial charge >= 0.3 is 0 Å². The molecule has 0 rings (SSSR count). The summed E-state index contributed by atoms with van der Waals surface area (Å²) in [6.07, 6.45) is 0.812. The molecule has 8 heavy (non-hydrogen) atoms. The molecule has 0 fully saturated rings. The van der Waals surface area contributed by atoms with E-state index in [-0.39, 0.29) is 0 Å².